The van der Waals surface area contributed by atoms with Crippen molar-refractivity contribution in [2.45, 2.75) is 38.3 Å². The summed E-state index contributed by atoms with van der Waals surface area (Å²) in [5.41, 5.74) is 0. The molecule has 0 fully saturated rings. The molecule has 0 aromatic carbocycles. The SMILES string of the molecule is CC(O)C(=O)NC1C=CCCC1. The van der Waals surface area contributed by atoms with Crippen LogP contribution in [0.3, 0.4) is 0 Å². The Labute approximate surface area is 72.5 Å². The Morgan fingerprint density at radius 2 is 2.50 bits per heavy atom. The summed E-state index contributed by atoms with van der Waals surface area (Å²) in [6.45, 7) is 1.47. The molecule has 0 aliphatic heterocycles. The number of aliphatic hydroxyl groups excluding tert-OH is 1. The summed E-state index contributed by atoms with van der Waals surface area (Å²) in [7, 11) is 0. The van der Waals surface area contributed by atoms with E-state index in [-0.39, 0.29) is 11.9 Å². The molecule has 12 heavy (non-hydrogen) atoms. The molecule has 0 aromatic rings. The normalized spacial score (nSPS) is 25.0. The smallest absolute Gasteiger partial charge is 0.249 e. The average molecular weight is 169 g/mol. The number of rotatable bonds is 2. The van der Waals surface area contributed by atoms with Gasteiger partial charge in [-0.05, 0) is 26.2 Å². The Bertz CT molecular complexity index is 187. The summed E-state index contributed by atoms with van der Waals surface area (Å²) < 4.78 is 0. The van der Waals surface area contributed by atoms with Crippen molar-refractivity contribution in [2.24, 2.45) is 0 Å². The van der Waals surface area contributed by atoms with E-state index in [0.717, 1.165) is 19.3 Å². The molecule has 1 aliphatic carbocycles. The molecule has 2 atom stereocenters. The van der Waals surface area contributed by atoms with Crippen LogP contribution < -0.4 is 5.32 Å². The van der Waals surface area contributed by atoms with Gasteiger partial charge in [-0.1, -0.05) is 12.2 Å². The van der Waals surface area contributed by atoms with Crippen LogP contribution in [0.4, 0.5) is 0 Å². The fourth-order valence-corrected chi connectivity index (χ4v) is 1.24. The molecule has 2 unspecified atom stereocenters. The highest BCUT2D eigenvalue weighted by atomic mass is 16.3. The van der Waals surface area contributed by atoms with Crippen LogP contribution in [0.2, 0.25) is 0 Å². The Morgan fingerprint density at radius 3 is 3.00 bits per heavy atom. The van der Waals surface area contributed by atoms with Crippen molar-refractivity contribution >= 4 is 5.91 Å². The number of hydrogen-bond acceptors (Lipinski definition) is 2. The molecular weight excluding hydrogens is 154 g/mol. The number of amides is 1. The quantitative estimate of drug-likeness (QED) is 0.594. The van der Waals surface area contributed by atoms with Crippen molar-refractivity contribution < 1.29 is 9.90 Å². The van der Waals surface area contributed by atoms with Gasteiger partial charge in [0.1, 0.15) is 6.10 Å². The highest BCUT2D eigenvalue weighted by Crippen LogP contribution is 2.09. The van der Waals surface area contributed by atoms with Crippen molar-refractivity contribution in [1.82, 2.24) is 5.32 Å². The standard InChI is InChI=1S/C9H15NO2/c1-7(11)9(12)10-8-5-3-2-4-6-8/h3,5,7-8,11H,2,4,6H2,1H3,(H,10,12). The predicted molar refractivity (Wildman–Crippen MR) is 46.6 cm³/mol. The maximum atomic E-state index is 11.0. The molecule has 3 heteroatoms. The molecule has 0 spiro atoms. The summed E-state index contributed by atoms with van der Waals surface area (Å²) in [6.07, 6.45) is 6.35. The molecule has 68 valence electrons. The minimum atomic E-state index is -0.902. The van der Waals surface area contributed by atoms with Gasteiger partial charge in [0.05, 0.1) is 0 Å². The molecule has 0 saturated carbocycles. The summed E-state index contributed by atoms with van der Waals surface area (Å²) in [5.74, 6) is -0.286. The monoisotopic (exact) mass is 169 g/mol. The average Bonchev–Trinajstić information content (AvgIpc) is 2.06. The van der Waals surface area contributed by atoms with Gasteiger partial charge in [-0.3, -0.25) is 4.79 Å². The summed E-state index contributed by atoms with van der Waals surface area (Å²) in [4.78, 5) is 11.0. The lowest BCUT2D eigenvalue weighted by Gasteiger charge is -2.18. The van der Waals surface area contributed by atoms with Crippen LogP contribution in [0.5, 0.6) is 0 Å². The van der Waals surface area contributed by atoms with Crippen molar-refractivity contribution in [2.75, 3.05) is 0 Å². The minimum absolute atomic E-state index is 0.126. The third kappa shape index (κ3) is 2.66. The highest BCUT2D eigenvalue weighted by Gasteiger charge is 2.14. The first-order chi connectivity index (χ1) is 5.70. The second-order valence-electron chi connectivity index (χ2n) is 3.15. The molecular formula is C9H15NO2. The van der Waals surface area contributed by atoms with E-state index in [9.17, 15) is 4.79 Å². The van der Waals surface area contributed by atoms with Gasteiger partial charge in [0.25, 0.3) is 0 Å². The van der Waals surface area contributed by atoms with Gasteiger partial charge in [0.2, 0.25) is 5.91 Å². The third-order valence-corrected chi connectivity index (χ3v) is 1.96. The van der Waals surface area contributed by atoms with Gasteiger partial charge >= 0.3 is 0 Å². The van der Waals surface area contributed by atoms with Crippen molar-refractivity contribution in [3.8, 4) is 0 Å². The van der Waals surface area contributed by atoms with Crippen LogP contribution >= 0.6 is 0 Å². The maximum Gasteiger partial charge on any atom is 0.249 e. The molecule has 1 rings (SSSR count). The zero-order chi connectivity index (χ0) is 8.97. The Balaban J connectivity index is 2.35. The van der Waals surface area contributed by atoms with Crippen molar-refractivity contribution in [3.05, 3.63) is 12.2 Å². The zero-order valence-corrected chi connectivity index (χ0v) is 7.29. The minimum Gasteiger partial charge on any atom is -0.384 e. The first-order valence-electron chi connectivity index (χ1n) is 4.35. The van der Waals surface area contributed by atoms with Crippen LogP contribution in [0.1, 0.15) is 26.2 Å². The van der Waals surface area contributed by atoms with Gasteiger partial charge in [0, 0.05) is 6.04 Å². The van der Waals surface area contributed by atoms with E-state index in [1.165, 1.54) is 6.92 Å². The molecule has 0 saturated heterocycles. The number of carbonyl (C=O) groups is 1. The first kappa shape index (κ1) is 9.26. The van der Waals surface area contributed by atoms with Crippen LogP contribution in [0, 0.1) is 0 Å². The lowest BCUT2D eigenvalue weighted by atomic mass is 10.0. The lowest BCUT2D eigenvalue weighted by Crippen LogP contribution is -2.39. The van der Waals surface area contributed by atoms with Crippen LogP contribution in [0.25, 0.3) is 0 Å². The number of allylic oxidation sites excluding steroid dienone is 1. The van der Waals surface area contributed by atoms with Crippen molar-refractivity contribution in [1.29, 1.82) is 0 Å². The van der Waals surface area contributed by atoms with Gasteiger partial charge in [0.15, 0.2) is 0 Å². The van der Waals surface area contributed by atoms with E-state index >= 15 is 0 Å². The van der Waals surface area contributed by atoms with E-state index in [1.54, 1.807) is 0 Å². The molecule has 0 aromatic heterocycles. The Morgan fingerprint density at radius 1 is 1.75 bits per heavy atom. The molecule has 0 bridgehead atoms. The number of nitrogens with one attached hydrogen (secondary N) is 1. The molecule has 0 heterocycles. The van der Waals surface area contributed by atoms with E-state index in [1.807, 2.05) is 6.08 Å². The van der Waals surface area contributed by atoms with Crippen LogP contribution in [-0.2, 0) is 4.79 Å². The molecule has 3 nitrogen and oxygen atoms in total. The fourth-order valence-electron chi connectivity index (χ4n) is 1.24. The van der Waals surface area contributed by atoms with Crippen molar-refractivity contribution in [3.63, 3.8) is 0 Å². The molecule has 0 radical (unpaired) electrons. The third-order valence-electron chi connectivity index (χ3n) is 1.96. The van der Waals surface area contributed by atoms with Gasteiger partial charge in [-0.15, -0.1) is 0 Å². The first-order valence-corrected chi connectivity index (χ1v) is 4.35. The highest BCUT2D eigenvalue weighted by molar-refractivity contribution is 5.80. The van der Waals surface area contributed by atoms with E-state index in [4.69, 9.17) is 5.11 Å². The summed E-state index contributed by atoms with van der Waals surface area (Å²) in [6, 6.07) is 0.126. The number of carbonyl (C=O) groups excluding carboxylic acids is 1. The zero-order valence-electron chi connectivity index (χ0n) is 7.29. The van der Waals surface area contributed by atoms with E-state index in [2.05, 4.69) is 11.4 Å². The molecule has 2 N–H and O–H groups in total. The lowest BCUT2D eigenvalue weighted by molar-refractivity contribution is -0.128. The van der Waals surface area contributed by atoms with Crippen LogP contribution in [0.15, 0.2) is 12.2 Å². The van der Waals surface area contributed by atoms with E-state index < -0.39 is 6.10 Å². The second kappa shape index (κ2) is 4.26. The van der Waals surface area contributed by atoms with E-state index in [0.29, 0.717) is 0 Å². The second-order valence-corrected chi connectivity index (χ2v) is 3.15. The van der Waals surface area contributed by atoms with Gasteiger partial charge in [-0.2, -0.15) is 0 Å². The molecule has 1 aliphatic rings. The Kier molecular flexibility index (Phi) is 3.29. The topological polar surface area (TPSA) is 49.3 Å². The maximum absolute atomic E-state index is 11.0. The van der Waals surface area contributed by atoms with Gasteiger partial charge < -0.3 is 10.4 Å². The largest absolute Gasteiger partial charge is 0.384 e. The van der Waals surface area contributed by atoms with Gasteiger partial charge in [-0.25, -0.2) is 0 Å². The summed E-state index contributed by atoms with van der Waals surface area (Å²) >= 11 is 0. The fraction of sp³-hybridized carbons (Fsp3) is 0.667. The van der Waals surface area contributed by atoms with Crippen LogP contribution in [-0.4, -0.2) is 23.2 Å². The predicted octanol–water partition coefficient (Wildman–Crippen LogP) is 0.592. The molecule has 1 amide bonds. The summed E-state index contributed by atoms with van der Waals surface area (Å²) in [5, 5.41) is 11.7. The Hall–Kier alpha value is -0.830. The number of hydrogen-bond donors (Lipinski definition) is 2. The number of aliphatic hydroxyl groups is 1.